The van der Waals surface area contributed by atoms with E-state index in [0.717, 1.165) is 31.3 Å². The molecule has 5 nitrogen and oxygen atoms in total. The SMILES string of the molecule is C=C1C(Cl)=CN=C(N/C(C(=N)OCCCC)=C(\C)CCC)N1C. The number of aliphatic imine (C=N–C) groups is 1. The summed E-state index contributed by atoms with van der Waals surface area (Å²) in [5, 5.41) is 11.9. The third kappa shape index (κ3) is 5.43. The molecular formula is C17H27ClN4O. The van der Waals surface area contributed by atoms with Gasteiger partial charge in [-0.05, 0) is 25.3 Å². The van der Waals surface area contributed by atoms with E-state index in [1.54, 1.807) is 11.1 Å². The molecule has 0 fully saturated rings. The molecule has 128 valence electrons. The highest BCUT2D eigenvalue weighted by Crippen LogP contribution is 2.21. The Morgan fingerprint density at radius 2 is 2.13 bits per heavy atom. The molecule has 0 unspecified atom stereocenters. The molecule has 1 rings (SSSR count). The Bertz CT molecular complexity index is 549. The van der Waals surface area contributed by atoms with Crippen LogP contribution in [0, 0.1) is 5.41 Å². The van der Waals surface area contributed by atoms with Gasteiger partial charge in [-0.25, -0.2) is 4.99 Å². The fourth-order valence-corrected chi connectivity index (χ4v) is 2.22. The van der Waals surface area contributed by atoms with E-state index in [-0.39, 0.29) is 5.90 Å². The number of likely N-dealkylation sites (N-methyl/N-ethyl adjacent to an activating group) is 1. The van der Waals surface area contributed by atoms with Gasteiger partial charge in [-0.1, -0.05) is 44.9 Å². The summed E-state index contributed by atoms with van der Waals surface area (Å²) in [6.07, 6.45) is 5.40. The highest BCUT2D eigenvalue weighted by atomic mass is 35.5. The molecule has 0 saturated heterocycles. The van der Waals surface area contributed by atoms with Gasteiger partial charge in [-0.2, -0.15) is 0 Å². The van der Waals surface area contributed by atoms with Crippen LogP contribution in [0.4, 0.5) is 0 Å². The Balaban J connectivity index is 2.96. The van der Waals surface area contributed by atoms with Crippen molar-refractivity contribution in [1.29, 1.82) is 5.41 Å². The number of nitrogens with one attached hydrogen (secondary N) is 2. The molecule has 6 heteroatoms. The Kier molecular flexibility index (Phi) is 7.89. The molecular weight excluding hydrogens is 312 g/mol. The summed E-state index contributed by atoms with van der Waals surface area (Å²) in [6.45, 7) is 10.7. The summed E-state index contributed by atoms with van der Waals surface area (Å²) < 4.78 is 5.56. The molecule has 0 aromatic rings. The number of nitrogens with zero attached hydrogens (tertiary/aromatic N) is 2. The summed E-state index contributed by atoms with van der Waals surface area (Å²) in [5.74, 6) is 0.723. The van der Waals surface area contributed by atoms with Crippen LogP contribution in [-0.2, 0) is 4.74 Å². The van der Waals surface area contributed by atoms with Crippen LogP contribution in [0.3, 0.4) is 0 Å². The quantitative estimate of drug-likeness (QED) is 0.412. The largest absolute Gasteiger partial charge is 0.477 e. The summed E-state index contributed by atoms with van der Waals surface area (Å²) in [7, 11) is 1.83. The molecule has 1 aliphatic rings. The van der Waals surface area contributed by atoms with Crippen molar-refractivity contribution in [2.75, 3.05) is 13.7 Å². The Morgan fingerprint density at radius 1 is 1.43 bits per heavy atom. The van der Waals surface area contributed by atoms with Crippen LogP contribution >= 0.6 is 11.6 Å². The van der Waals surface area contributed by atoms with Crippen molar-refractivity contribution in [3.8, 4) is 0 Å². The summed E-state index contributed by atoms with van der Waals surface area (Å²) in [6, 6.07) is 0. The molecule has 0 bridgehead atoms. The van der Waals surface area contributed by atoms with E-state index < -0.39 is 0 Å². The number of rotatable bonds is 7. The number of ether oxygens (including phenoxy) is 1. The standard InChI is InChI=1S/C17H27ClN4O/c1-6-8-10-23-16(19)15(12(3)9-7-2)21-17-20-11-14(18)13(4)22(17)5/h11,19H,4,6-10H2,1-3,5H3,(H,20,21)/b15-12+,19-16?. The highest BCUT2D eigenvalue weighted by Gasteiger charge is 2.20. The predicted octanol–water partition coefficient (Wildman–Crippen LogP) is 4.34. The summed E-state index contributed by atoms with van der Waals surface area (Å²) >= 11 is 6.03. The number of hydrogen-bond donors (Lipinski definition) is 2. The van der Waals surface area contributed by atoms with E-state index in [0.29, 0.717) is 29.0 Å². The van der Waals surface area contributed by atoms with Crippen LogP contribution in [0.15, 0.2) is 39.8 Å². The zero-order valence-corrected chi connectivity index (χ0v) is 15.3. The van der Waals surface area contributed by atoms with Gasteiger partial charge < -0.3 is 15.0 Å². The van der Waals surface area contributed by atoms with Gasteiger partial charge >= 0.3 is 0 Å². The first-order valence-corrected chi connectivity index (χ1v) is 8.35. The van der Waals surface area contributed by atoms with E-state index in [2.05, 4.69) is 30.7 Å². The maximum absolute atomic E-state index is 8.23. The monoisotopic (exact) mass is 338 g/mol. The third-order valence-corrected chi connectivity index (χ3v) is 3.87. The van der Waals surface area contributed by atoms with E-state index in [4.69, 9.17) is 21.7 Å². The second-order valence-electron chi connectivity index (χ2n) is 5.50. The molecule has 2 N–H and O–H groups in total. The minimum Gasteiger partial charge on any atom is -0.477 e. The van der Waals surface area contributed by atoms with Crippen LogP contribution in [0.5, 0.6) is 0 Å². The lowest BCUT2D eigenvalue weighted by atomic mass is 10.1. The summed E-state index contributed by atoms with van der Waals surface area (Å²) in [4.78, 5) is 6.06. The number of halogens is 1. The van der Waals surface area contributed by atoms with Crippen molar-refractivity contribution in [3.63, 3.8) is 0 Å². The molecule has 1 heterocycles. The Morgan fingerprint density at radius 3 is 2.74 bits per heavy atom. The topological polar surface area (TPSA) is 60.7 Å². The number of guanidine groups is 1. The smallest absolute Gasteiger partial charge is 0.230 e. The van der Waals surface area contributed by atoms with Crippen molar-refractivity contribution in [3.05, 3.63) is 34.8 Å². The first kappa shape index (κ1) is 19.3. The normalized spacial score (nSPS) is 15.7. The fraction of sp³-hybridized carbons (Fsp3) is 0.529. The van der Waals surface area contributed by atoms with Gasteiger partial charge in [-0.15, -0.1) is 0 Å². The van der Waals surface area contributed by atoms with Crippen molar-refractivity contribution < 1.29 is 4.74 Å². The molecule has 1 aliphatic heterocycles. The van der Waals surface area contributed by atoms with Gasteiger partial charge in [0.1, 0.15) is 5.70 Å². The third-order valence-electron chi connectivity index (χ3n) is 3.56. The average Bonchev–Trinajstić information content (AvgIpc) is 2.52. The number of hydrogen-bond acceptors (Lipinski definition) is 5. The Labute approximate surface area is 144 Å². The molecule has 0 aliphatic carbocycles. The van der Waals surface area contributed by atoms with Crippen LogP contribution < -0.4 is 5.32 Å². The highest BCUT2D eigenvalue weighted by molar-refractivity contribution is 6.32. The lowest BCUT2D eigenvalue weighted by molar-refractivity contribution is 0.293. The molecule has 0 radical (unpaired) electrons. The van der Waals surface area contributed by atoms with E-state index in [1.807, 2.05) is 14.0 Å². The van der Waals surface area contributed by atoms with Gasteiger partial charge in [0.2, 0.25) is 11.9 Å². The second-order valence-corrected chi connectivity index (χ2v) is 5.90. The average molecular weight is 339 g/mol. The minimum atomic E-state index is 0.145. The van der Waals surface area contributed by atoms with Crippen LogP contribution in [0.1, 0.15) is 46.5 Å². The maximum Gasteiger partial charge on any atom is 0.230 e. The first-order valence-electron chi connectivity index (χ1n) is 7.97. The van der Waals surface area contributed by atoms with Crippen molar-refractivity contribution in [2.45, 2.75) is 46.5 Å². The minimum absolute atomic E-state index is 0.145. The predicted molar refractivity (Wildman–Crippen MR) is 97.6 cm³/mol. The second kappa shape index (κ2) is 9.40. The van der Waals surface area contributed by atoms with Gasteiger partial charge in [0.05, 0.1) is 23.5 Å². The molecule has 23 heavy (non-hydrogen) atoms. The molecule has 0 aromatic carbocycles. The van der Waals surface area contributed by atoms with Gasteiger partial charge in [0, 0.05) is 7.05 Å². The Hall–Kier alpha value is -1.75. The first-order chi connectivity index (χ1) is 10.9. The summed E-state index contributed by atoms with van der Waals surface area (Å²) in [5.41, 5.74) is 2.39. The number of unbranched alkanes of at least 4 members (excludes halogenated alkanes) is 1. The maximum atomic E-state index is 8.23. The van der Waals surface area contributed by atoms with Gasteiger partial charge in [-0.3, -0.25) is 5.41 Å². The lowest BCUT2D eigenvalue weighted by Crippen LogP contribution is -2.41. The van der Waals surface area contributed by atoms with Crippen LogP contribution in [0.2, 0.25) is 0 Å². The molecule has 0 aromatic heterocycles. The van der Waals surface area contributed by atoms with Crippen LogP contribution in [0.25, 0.3) is 0 Å². The van der Waals surface area contributed by atoms with Crippen LogP contribution in [-0.4, -0.2) is 30.4 Å². The van der Waals surface area contributed by atoms with Crippen molar-refractivity contribution in [1.82, 2.24) is 10.2 Å². The van der Waals surface area contributed by atoms with Gasteiger partial charge in [0.15, 0.2) is 0 Å². The van der Waals surface area contributed by atoms with E-state index in [9.17, 15) is 0 Å². The van der Waals surface area contributed by atoms with Crippen molar-refractivity contribution >= 4 is 23.5 Å². The molecule has 0 spiro atoms. The van der Waals surface area contributed by atoms with E-state index in [1.165, 1.54) is 0 Å². The van der Waals surface area contributed by atoms with Gasteiger partial charge in [0.25, 0.3) is 0 Å². The molecule has 0 atom stereocenters. The van der Waals surface area contributed by atoms with Crippen molar-refractivity contribution in [2.24, 2.45) is 4.99 Å². The number of allylic oxidation sites excluding steroid dienone is 2. The zero-order valence-electron chi connectivity index (χ0n) is 14.5. The lowest BCUT2D eigenvalue weighted by Gasteiger charge is -2.27. The fourth-order valence-electron chi connectivity index (χ4n) is 2.04. The molecule has 0 amide bonds. The molecule has 0 saturated carbocycles. The zero-order chi connectivity index (χ0) is 17.4. The van der Waals surface area contributed by atoms with E-state index >= 15 is 0 Å².